The lowest BCUT2D eigenvalue weighted by atomic mass is 10.1. The van der Waals surface area contributed by atoms with Crippen LogP contribution in [0.5, 0.6) is 0 Å². The average molecular weight is 397 g/mol. The third-order valence-corrected chi connectivity index (χ3v) is 4.71. The van der Waals surface area contributed by atoms with E-state index in [1.54, 1.807) is 11.3 Å². The van der Waals surface area contributed by atoms with Crippen LogP contribution in [0.1, 0.15) is 17.5 Å². The highest BCUT2D eigenvalue weighted by atomic mass is 127. The van der Waals surface area contributed by atoms with Gasteiger partial charge in [-0.25, -0.2) is 0 Å². The van der Waals surface area contributed by atoms with Crippen LogP contribution in [-0.2, 0) is 0 Å². The Hall–Kier alpha value is -1.25. The predicted octanol–water partition coefficient (Wildman–Crippen LogP) is 3.71. The highest BCUT2D eigenvalue weighted by Gasteiger charge is 2.19. The lowest BCUT2D eigenvalue weighted by Gasteiger charge is -2.11. The lowest BCUT2D eigenvalue weighted by molar-refractivity contribution is 0.456. The molecule has 0 aliphatic carbocycles. The third kappa shape index (κ3) is 2.77. The van der Waals surface area contributed by atoms with Crippen LogP contribution >= 0.6 is 33.9 Å². The number of hydrogen-bond acceptors (Lipinski definition) is 5. The Balaban J connectivity index is 1.92. The Kier molecular flexibility index (Phi) is 4.13. The van der Waals surface area contributed by atoms with Gasteiger partial charge >= 0.3 is 0 Å². The number of aromatic nitrogens is 2. The number of rotatable bonds is 4. The second kappa shape index (κ2) is 6.02. The Morgan fingerprint density at radius 1 is 1.25 bits per heavy atom. The molecule has 0 saturated carbocycles. The van der Waals surface area contributed by atoms with Crippen molar-refractivity contribution in [2.24, 2.45) is 0 Å². The predicted molar refractivity (Wildman–Crippen MR) is 87.7 cm³/mol. The van der Waals surface area contributed by atoms with Gasteiger partial charge in [0, 0.05) is 5.38 Å². The summed E-state index contributed by atoms with van der Waals surface area (Å²) in [5, 5.41) is 13.5. The van der Waals surface area contributed by atoms with Crippen molar-refractivity contribution in [3.05, 3.63) is 56.1 Å². The van der Waals surface area contributed by atoms with E-state index in [1.807, 2.05) is 48.8 Å². The number of benzene rings is 1. The zero-order valence-electron chi connectivity index (χ0n) is 10.7. The van der Waals surface area contributed by atoms with Crippen LogP contribution in [0.2, 0.25) is 0 Å². The van der Waals surface area contributed by atoms with Gasteiger partial charge in [0.05, 0.1) is 8.45 Å². The second-order valence-electron chi connectivity index (χ2n) is 4.22. The first-order valence-electron chi connectivity index (χ1n) is 6.08. The van der Waals surface area contributed by atoms with E-state index in [4.69, 9.17) is 4.42 Å². The number of nitrogens with one attached hydrogen (secondary N) is 1. The molecule has 20 heavy (non-hydrogen) atoms. The molecule has 0 saturated heterocycles. The van der Waals surface area contributed by atoms with Crippen molar-refractivity contribution in [3.63, 3.8) is 0 Å². The largest absolute Gasteiger partial charge is 0.419 e. The van der Waals surface area contributed by atoms with Gasteiger partial charge in [-0.1, -0.05) is 30.3 Å². The van der Waals surface area contributed by atoms with Crippen molar-refractivity contribution in [1.29, 1.82) is 0 Å². The summed E-state index contributed by atoms with van der Waals surface area (Å²) in [5.41, 5.74) is 2.08. The van der Waals surface area contributed by atoms with E-state index in [0.29, 0.717) is 11.8 Å². The topological polar surface area (TPSA) is 51.0 Å². The lowest BCUT2D eigenvalue weighted by Crippen LogP contribution is -2.17. The van der Waals surface area contributed by atoms with E-state index >= 15 is 0 Å². The fourth-order valence-corrected chi connectivity index (χ4v) is 3.29. The molecule has 1 N–H and O–H groups in total. The van der Waals surface area contributed by atoms with Gasteiger partial charge in [-0.15, -0.1) is 21.5 Å². The zero-order valence-corrected chi connectivity index (χ0v) is 13.7. The van der Waals surface area contributed by atoms with Crippen LogP contribution in [0.15, 0.2) is 46.2 Å². The summed E-state index contributed by atoms with van der Waals surface area (Å²) in [6, 6.07) is 12.0. The first-order valence-corrected chi connectivity index (χ1v) is 8.04. The van der Waals surface area contributed by atoms with Crippen LogP contribution in [0.4, 0.5) is 0 Å². The molecule has 2 heterocycles. The fourth-order valence-electron chi connectivity index (χ4n) is 1.97. The van der Waals surface area contributed by atoms with Crippen molar-refractivity contribution in [3.8, 4) is 11.5 Å². The van der Waals surface area contributed by atoms with Crippen LogP contribution in [0.25, 0.3) is 11.5 Å². The molecule has 1 unspecified atom stereocenters. The molecule has 4 nitrogen and oxygen atoms in total. The van der Waals surface area contributed by atoms with E-state index in [1.165, 1.54) is 2.88 Å². The van der Waals surface area contributed by atoms with E-state index in [0.717, 1.165) is 11.1 Å². The van der Waals surface area contributed by atoms with Gasteiger partial charge < -0.3 is 9.73 Å². The summed E-state index contributed by atoms with van der Waals surface area (Å²) < 4.78 is 7.01. The number of nitrogens with zero attached hydrogens (tertiary/aromatic N) is 2. The Labute approximate surface area is 134 Å². The summed E-state index contributed by atoms with van der Waals surface area (Å²) in [6.45, 7) is 0. The van der Waals surface area contributed by atoms with Gasteiger partial charge in [-0.05, 0) is 41.3 Å². The molecular formula is C14H12IN3OS. The van der Waals surface area contributed by atoms with Crippen LogP contribution in [0, 0.1) is 2.88 Å². The van der Waals surface area contributed by atoms with Crippen molar-refractivity contribution in [2.75, 3.05) is 7.05 Å². The molecule has 0 bridgehead atoms. The minimum absolute atomic E-state index is 0.0878. The van der Waals surface area contributed by atoms with Crippen LogP contribution in [-0.4, -0.2) is 17.2 Å². The van der Waals surface area contributed by atoms with E-state index < -0.39 is 0 Å². The van der Waals surface area contributed by atoms with Gasteiger partial charge in [-0.2, -0.15) is 0 Å². The number of halogens is 1. The molecule has 0 fully saturated rings. The summed E-state index contributed by atoms with van der Waals surface area (Å²) in [7, 11) is 1.88. The van der Waals surface area contributed by atoms with Crippen molar-refractivity contribution >= 4 is 33.9 Å². The molecule has 0 aliphatic rings. The SMILES string of the molecule is CNC(c1ccccc1)c1nnc(-c2csc(I)c2)o1. The van der Waals surface area contributed by atoms with Crippen molar-refractivity contribution in [2.45, 2.75) is 6.04 Å². The standard InChI is InChI=1S/C14H12IN3OS/c1-16-12(9-5-3-2-4-6-9)14-18-17-13(19-14)10-7-11(15)20-8-10/h2-8,12,16H,1H3. The Bertz CT molecular complexity index is 695. The van der Waals surface area contributed by atoms with Gasteiger partial charge in [0.2, 0.25) is 11.8 Å². The first-order chi connectivity index (χ1) is 9.78. The Morgan fingerprint density at radius 2 is 2.05 bits per heavy atom. The van der Waals surface area contributed by atoms with Crippen molar-refractivity contribution < 1.29 is 4.42 Å². The van der Waals surface area contributed by atoms with Crippen LogP contribution < -0.4 is 5.32 Å². The molecule has 3 rings (SSSR count). The first kappa shape index (κ1) is 13.7. The summed E-state index contributed by atoms with van der Waals surface area (Å²) >= 11 is 3.94. The molecule has 0 spiro atoms. The fraction of sp³-hybridized carbons (Fsp3) is 0.143. The zero-order chi connectivity index (χ0) is 13.9. The minimum Gasteiger partial charge on any atom is -0.419 e. The molecular weight excluding hydrogens is 385 g/mol. The smallest absolute Gasteiger partial charge is 0.248 e. The summed E-state index contributed by atoms with van der Waals surface area (Å²) in [6.07, 6.45) is 0. The van der Waals surface area contributed by atoms with E-state index in [9.17, 15) is 0 Å². The molecule has 2 aromatic heterocycles. The molecule has 0 radical (unpaired) electrons. The highest BCUT2D eigenvalue weighted by Crippen LogP contribution is 2.28. The third-order valence-electron chi connectivity index (χ3n) is 2.92. The van der Waals surface area contributed by atoms with E-state index in [-0.39, 0.29) is 6.04 Å². The maximum Gasteiger partial charge on any atom is 0.248 e. The number of thiophene rings is 1. The number of hydrogen-bond donors (Lipinski definition) is 1. The minimum atomic E-state index is -0.0878. The summed E-state index contributed by atoms with van der Waals surface area (Å²) in [4.78, 5) is 0. The normalized spacial score (nSPS) is 12.5. The highest BCUT2D eigenvalue weighted by molar-refractivity contribution is 14.1. The molecule has 0 amide bonds. The maximum absolute atomic E-state index is 5.81. The maximum atomic E-state index is 5.81. The molecule has 3 aromatic rings. The van der Waals surface area contributed by atoms with Crippen molar-refractivity contribution in [1.82, 2.24) is 15.5 Å². The average Bonchev–Trinajstić information content (AvgIpc) is 3.10. The quantitative estimate of drug-likeness (QED) is 0.682. The summed E-state index contributed by atoms with van der Waals surface area (Å²) in [5.74, 6) is 1.14. The molecule has 1 atom stereocenters. The molecule has 1 aromatic carbocycles. The Morgan fingerprint density at radius 3 is 2.70 bits per heavy atom. The van der Waals surface area contributed by atoms with Gasteiger partial charge in [0.1, 0.15) is 6.04 Å². The molecule has 6 heteroatoms. The van der Waals surface area contributed by atoms with Gasteiger partial charge in [-0.3, -0.25) is 0 Å². The van der Waals surface area contributed by atoms with Gasteiger partial charge in [0.15, 0.2) is 0 Å². The van der Waals surface area contributed by atoms with Crippen LogP contribution in [0.3, 0.4) is 0 Å². The van der Waals surface area contributed by atoms with E-state index in [2.05, 4.69) is 38.1 Å². The van der Waals surface area contributed by atoms with Gasteiger partial charge in [0.25, 0.3) is 0 Å². The second-order valence-corrected chi connectivity index (χ2v) is 7.02. The molecule has 102 valence electrons. The molecule has 0 aliphatic heterocycles. The monoisotopic (exact) mass is 397 g/mol.